The van der Waals surface area contributed by atoms with E-state index in [0.29, 0.717) is 12.4 Å². The molecule has 0 radical (unpaired) electrons. The number of hydrogen-bond donors (Lipinski definition) is 1. The van der Waals surface area contributed by atoms with Crippen LogP contribution in [0.15, 0.2) is 78.5 Å². The van der Waals surface area contributed by atoms with Crippen molar-refractivity contribution in [3.8, 4) is 11.3 Å². The van der Waals surface area contributed by atoms with E-state index in [1.807, 2.05) is 66.7 Å². The van der Waals surface area contributed by atoms with E-state index >= 15 is 0 Å². The summed E-state index contributed by atoms with van der Waals surface area (Å²) < 4.78 is 11.8. The first-order valence-electron chi connectivity index (χ1n) is 10.1. The molecule has 7 heteroatoms. The Hall–Kier alpha value is -3.87. The second-order valence-corrected chi connectivity index (χ2v) is 6.57. The SMILES string of the molecule is CCOC(=O)C(=CNc1cc(-c2ccccc2)nn1Cc1ccccc1)C(=O)OCC. The normalized spacial score (nSPS) is 10.3. The van der Waals surface area contributed by atoms with Crippen LogP contribution in [-0.2, 0) is 25.6 Å². The Balaban J connectivity index is 1.95. The van der Waals surface area contributed by atoms with Gasteiger partial charge >= 0.3 is 11.9 Å². The molecule has 0 saturated heterocycles. The summed E-state index contributed by atoms with van der Waals surface area (Å²) >= 11 is 0. The molecule has 2 aromatic carbocycles. The second kappa shape index (κ2) is 10.8. The summed E-state index contributed by atoms with van der Waals surface area (Å²) in [5.74, 6) is -0.870. The lowest BCUT2D eigenvalue weighted by molar-refractivity contribution is -0.146. The number of aromatic nitrogens is 2. The van der Waals surface area contributed by atoms with E-state index in [1.165, 1.54) is 6.20 Å². The minimum Gasteiger partial charge on any atom is -0.462 e. The summed E-state index contributed by atoms with van der Waals surface area (Å²) in [5.41, 5.74) is 2.57. The maximum absolute atomic E-state index is 12.2. The Kier molecular flexibility index (Phi) is 7.59. The van der Waals surface area contributed by atoms with Crippen LogP contribution in [0, 0.1) is 0 Å². The molecule has 0 aliphatic carbocycles. The molecule has 0 spiro atoms. The summed E-state index contributed by atoms with van der Waals surface area (Å²) in [6.45, 7) is 4.17. The van der Waals surface area contributed by atoms with Gasteiger partial charge < -0.3 is 14.8 Å². The molecule has 1 aromatic heterocycles. The van der Waals surface area contributed by atoms with E-state index in [2.05, 4.69) is 5.32 Å². The lowest BCUT2D eigenvalue weighted by Crippen LogP contribution is -2.20. The van der Waals surface area contributed by atoms with Crippen LogP contribution in [-0.4, -0.2) is 34.9 Å². The molecule has 0 amide bonds. The van der Waals surface area contributed by atoms with Crippen LogP contribution in [0.5, 0.6) is 0 Å². The van der Waals surface area contributed by atoms with Crippen LogP contribution >= 0.6 is 0 Å². The summed E-state index contributed by atoms with van der Waals surface area (Å²) in [4.78, 5) is 24.5. The lowest BCUT2D eigenvalue weighted by atomic mass is 10.1. The van der Waals surface area contributed by atoms with Crippen LogP contribution in [0.1, 0.15) is 19.4 Å². The molecule has 0 saturated carbocycles. The Bertz CT molecular complexity index is 1020. The Morgan fingerprint density at radius 1 is 0.935 bits per heavy atom. The van der Waals surface area contributed by atoms with Gasteiger partial charge in [-0.05, 0) is 19.4 Å². The zero-order valence-electron chi connectivity index (χ0n) is 17.6. The lowest BCUT2D eigenvalue weighted by Gasteiger charge is -2.09. The molecule has 7 nitrogen and oxygen atoms in total. The van der Waals surface area contributed by atoms with Crippen molar-refractivity contribution in [3.05, 3.63) is 84.1 Å². The van der Waals surface area contributed by atoms with Crippen molar-refractivity contribution in [3.63, 3.8) is 0 Å². The Morgan fingerprint density at radius 3 is 2.10 bits per heavy atom. The number of nitrogens with one attached hydrogen (secondary N) is 1. The van der Waals surface area contributed by atoms with Gasteiger partial charge in [0.1, 0.15) is 5.82 Å². The highest BCUT2D eigenvalue weighted by molar-refractivity contribution is 6.14. The predicted molar refractivity (Wildman–Crippen MR) is 118 cm³/mol. The summed E-state index contributed by atoms with van der Waals surface area (Å²) in [7, 11) is 0. The summed E-state index contributed by atoms with van der Waals surface area (Å²) in [6, 6.07) is 21.5. The maximum atomic E-state index is 12.2. The van der Waals surface area contributed by atoms with Crippen LogP contribution < -0.4 is 5.32 Å². The van der Waals surface area contributed by atoms with Gasteiger partial charge in [0, 0.05) is 17.8 Å². The molecule has 3 aromatic rings. The van der Waals surface area contributed by atoms with Crippen molar-refractivity contribution in [2.75, 3.05) is 18.5 Å². The van der Waals surface area contributed by atoms with Gasteiger partial charge in [0.05, 0.1) is 25.5 Å². The molecule has 0 fully saturated rings. The number of nitrogens with zero attached hydrogens (tertiary/aromatic N) is 2. The highest BCUT2D eigenvalue weighted by Crippen LogP contribution is 2.23. The number of ether oxygens (including phenoxy) is 2. The third kappa shape index (κ3) is 5.82. The van der Waals surface area contributed by atoms with Crippen molar-refractivity contribution in [2.45, 2.75) is 20.4 Å². The van der Waals surface area contributed by atoms with E-state index in [4.69, 9.17) is 14.6 Å². The largest absolute Gasteiger partial charge is 0.462 e. The van der Waals surface area contributed by atoms with Gasteiger partial charge in [-0.3, -0.25) is 0 Å². The molecule has 31 heavy (non-hydrogen) atoms. The second-order valence-electron chi connectivity index (χ2n) is 6.57. The number of anilines is 1. The molecular weight excluding hydrogens is 394 g/mol. The van der Waals surface area contributed by atoms with Gasteiger partial charge in [0.2, 0.25) is 0 Å². The standard InChI is InChI=1S/C24H25N3O4/c1-3-30-23(28)20(24(29)31-4-2)16-25-22-15-21(19-13-9-6-10-14-19)26-27(22)17-18-11-7-5-8-12-18/h5-16,25H,3-4,17H2,1-2H3. The Morgan fingerprint density at radius 2 is 1.52 bits per heavy atom. The van der Waals surface area contributed by atoms with E-state index in [-0.39, 0.29) is 18.8 Å². The number of carbonyl (C=O) groups excluding carboxylic acids is 2. The highest BCUT2D eigenvalue weighted by Gasteiger charge is 2.21. The molecule has 0 bridgehead atoms. The van der Waals surface area contributed by atoms with Gasteiger partial charge in [-0.15, -0.1) is 0 Å². The monoisotopic (exact) mass is 419 g/mol. The van der Waals surface area contributed by atoms with E-state index < -0.39 is 11.9 Å². The topological polar surface area (TPSA) is 82.5 Å². The van der Waals surface area contributed by atoms with Crippen LogP contribution in [0.4, 0.5) is 5.82 Å². The average molecular weight is 419 g/mol. The predicted octanol–water partition coefficient (Wildman–Crippen LogP) is 4.02. The highest BCUT2D eigenvalue weighted by atomic mass is 16.6. The molecule has 0 aliphatic heterocycles. The fraction of sp³-hybridized carbons (Fsp3) is 0.208. The molecule has 1 N–H and O–H groups in total. The average Bonchev–Trinajstić information content (AvgIpc) is 3.18. The van der Waals surface area contributed by atoms with Gasteiger partial charge in [-0.2, -0.15) is 5.10 Å². The van der Waals surface area contributed by atoms with Crippen molar-refractivity contribution >= 4 is 17.8 Å². The minimum atomic E-state index is -0.745. The third-order valence-corrected chi connectivity index (χ3v) is 4.38. The molecule has 0 unspecified atom stereocenters. The number of carbonyl (C=O) groups is 2. The molecule has 1 heterocycles. The van der Waals surface area contributed by atoms with Gasteiger partial charge in [0.15, 0.2) is 5.57 Å². The number of hydrogen-bond acceptors (Lipinski definition) is 6. The number of esters is 2. The molecule has 160 valence electrons. The first kappa shape index (κ1) is 21.8. The van der Waals surface area contributed by atoms with E-state index in [0.717, 1.165) is 16.8 Å². The molecule has 3 rings (SSSR count). The maximum Gasteiger partial charge on any atom is 0.347 e. The molecule has 0 aliphatic rings. The van der Waals surface area contributed by atoms with Gasteiger partial charge in [-0.25, -0.2) is 14.3 Å². The first-order chi connectivity index (χ1) is 15.1. The fourth-order valence-electron chi connectivity index (χ4n) is 2.92. The van der Waals surface area contributed by atoms with Crippen molar-refractivity contribution in [1.29, 1.82) is 0 Å². The number of rotatable bonds is 9. The van der Waals surface area contributed by atoms with Crippen LogP contribution in [0.25, 0.3) is 11.3 Å². The zero-order chi connectivity index (χ0) is 22.1. The zero-order valence-corrected chi connectivity index (χ0v) is 17.6. The van der Waals surface area contributed by atoms with Crippen molar-refractivity contribution in [1.82, 2.24) is 9.78 Å². The molecule has 0 atom stereocenters. The van der Waals surface area contributed by atoms with Crippen molar-refractivity contribution in [2.24, 2.45) is 0 Å². The minimum absolute atomic E-state index is 0.152. The third-order valence-electron chi connectivity index (χ3n) is 4.38. The number of benzene rings is 2. The quantitative estimate of drug-likeness (QED) is 0.244. The van der Waals surface area contributed by atoms with Crippen molar-refractivity contribution < 1.29 is 19.1 Å². The van der Waals surface area contributed by atoms with Crippen LogP contribution in [0.2, 0.25) is 0 Å². The van der Waals surface area contributed by atoms with Gasteiger partial charge in [-0.1, -0.05) is 60.7 Å². The van der Waals surface area contributed by atoms with E-state index in [1.54, 1.807) is 18.5 Å². The summed E-state index contributed by atoms with van der Waals surface area (Å²) in [6.07, 6.45) is 1.31. The summed E-state index contributed by atoms with van der Waals surface area (Å²) in [5, 5.41) is 7.75. The van der Waals surface area contributed by atoms with E-state index in [9.17, 15) is 9.59 Å². The first-order valence-corrected chi connectivity index (χ1v) is 10.1. The van der Waals surface area contributed by atoms with Crippen LogP contribution in [0.3, 0.4) is 0 Å². The fourth-order valence-corrected chi connectivity index (χ4v) is 2.92. The smallest absolute Gasteiger partial charge is 0.347 e. The van der Waals surface area contributed by atoms with Gasteiger partial charge in [0.25, 0.3) is 0 Å². The molecular formula is C24H25N3O4. The Labute approximate surface area is 181 Å².